The van der Waals surface area contributed by atoms with Gasteiger partial charge in [-0.25, -0.2) is 0 Å². The first kappa shape index (κ1) is 16.3. The molecule has 0 bridgehead atoms. The molecule has 25 heavy (non-hydrogen) atoms. The van der Waals surface area contributed by atoms with Crippen LogP contribution in [0.5, 0.6) is 0 Å². The van der Waals surface area contributed by atoms with Crippen molar-refractivity contribution in [2.24, 2.45) is 5.92 Å². The van der Waals surface area contributed by atoms with E-state index in [2.05, 4.69) is 17.4 Å². The summed E-state index contributed by atoms with van der Waals surface area (Å²) >= 11 is 0. The third-order valence-corrected chi connectivity index (χ3v) is 5.38. The van der Waals surface area contributed by atoms with Crippen LogP contribution in [0, 0.1) is 12.8 Å². The smallest absolute Gasteiger partial charge is 0.249 e. The molecule has 0 spiro atoms. The van der Waals surface area contributed by atoms with Gasteiger partial charge in [-0.05, 0) is 56.7 Å². The van der Waals surface area contributed by atoms with E-state index < -0.39 is 0 Å². The fourth-order valence-electron chi connectivity index (χ4n) is 3.87. The van der Waals surface area contributed by atoms with E-state index in [1.165, 1.54) is 0 Å². The van der Waals surface area contributed by atoms with Crippen LogP contribution in [0.25, 0.3) is 10.9 Å². The molecule has 2 aromatic rings. The van der Waals surface area contributed by atoms with E-state index in [0.717, 1.165) is 48.8 Å². The molecule has 1 unspecified atom stereocenters. The molecule has 5 heteroatoms. The molecule has 1 N–H and O–H groups in total. The molecule has 2 heterocycles. The van der Waals surface area contributed by atoms with Gasteiger partial charge < -0.3 is 9.88 Å². The molecule has 1 saturated carbocycles. The fourth-order valence-corrected chi connectivity index (χ4v) is 3.87. The number of imide groups is 1. The van der Waals surface area contributed by atoms with Crippen molar-refractivity contribution in [3.05, 3.63) is 36.0 Å². The lowest BCUT2D eigenvalue weighted by Crippen LogP contribution is -2.47. The van der Waals surface area contributed by atoms with Gasteiger partial charge in [0, 0.05) is 23.8 Å². The van der Waals surface area contributed by atoms with E-state index in [-0.39, 0.29) is 30.3 Å². The Kier molecular flexibility index (Phi) is 4.34. The topological polar surface area (TPSA) is 54.3 Å². The molecule has 1 atom stereocenters. The monoisotopic (exact) mass is 339 g/mol. The van der Waals surface area contributed by atoms with Crippen molar-refractivity contribution in [3.8, 4) is 0 Å². The highest BCUT2D eigenvalue weighted by Crippen LogP contribution is 2.30. The van der Waals surface area contributed by atoms with Gasteiger partial charge in [0.25, 0.3) is 0 Å². The molecule has 5 nitrogen and oxygen atoms in total. The Balaban J connectivity index is 1.56. The number of carbonyl (C=O) groups is 2. The van der Waals surface area contributed by atoms with E-state index in [1.807, 2.05) is 29.7 Å². The highest BCUT2D eigenvalue weighted by molar-refractivity contribution is 5.98. The Bertz CT molecular complexity index is 800. The molecule has 1 saturated heterocycles. The van der Waals surface area contributed by atoms with Crippen molar-refractivity contribution in [1.82, 2.24) is 14.8 Å². The summed E-state index contributed by atoms with van der Waals surface area (Å²) in [7, 11) is 0. The SMILES string of the molecule is Cc1cc2ccccc2n1CC(=O)N(C(=O)C1CCCNC1)C1CC1. The number of carbonyl (C=O) groups excluding carboxylic acids is 2. The van der Waals surface area contributed by atoms with Crippen molar-refractivity contribution in [1.29, 1.82) is 0 Å². The zero-order chi connectivity index (χ0) is 17.4. The fraction of sp³-hybridized carbons (Fsp3) is 0.500. The summed E-state index contributed by atoms with van der Waals surface area (Å²) < 4.78 is 2.03. The number of hydrogen-bond acceptors (Lipinski definition) is 3. The van der Waals surface area contributed by atoms with Crippen LogP contribution >= 0.6 is 0 Å². The molecule has 0 radical (unpaired) electrons. The molecule has 1 aliphatic carbocycles. The second-order valence-corrected chi connectivity index (χ2v) is 7.31. The standard InChI is InChI=1S/C20H25N3O2/c1-14-11-15-5-2-3-7-18(15)22(14)13-19(24)23(17-8-9-17)20(25)16-6-4-10-21-12-16/h2-3,5,7,11,16-17,21H,4,6,8-10,12-13H2,1H3. The zero-order valence-electron chi connectivity index (χ0n) is 14.7. The van der Waals surface area contributed by atoms with Crippen molar-refractivity contribution in [2.75, 3.05) is 13.1 Å². The Hall–Kier alpha value is -2.14. The Morgan fingerprint density at radius 1 is 1.24 bits per heavy atom. The highest BCUT2D eigenvalue weighted by Gasteiger charge is 2.40. The first-order valence-electron chi connectivity index (χ1n) is 9.26. The summed E-state index contributed by atoms with van der Waals surface area (Å²) in [6, 6.07) is 10.3. The van der Waals surface area contributed by atoms with Gasteiger partial charge in [-0.15, -0.1) is 0 Å². The van der Waals surface area contributed by atoms with Gasteiger partial charge in [0.05, 0.1) is 5.92 Å². The Morgan fingerprint density at radius 3 is 2.76 bits per heavy atom. The quantitative estimate of drug-likeness (QED) is 0.931. The van der Waals surface area contributed by atoms with Crippen molar-refractivity contribution in [3.63, 3.8) is 0 Å². The van der Waals surface area contributed by atoms with Crippen LogP contribution in [-0.2, 0) is 16.1 Å². The molecular formula is C20H25N3O2. The van der Waals surface area contributed by atoms with Crippen LogP contribution in [0.1, 0.15) is 31.4 Å². The van der Waals surface area contributed by atoms with Crippen LogP contribution in [0.3, 0.4) is 0 Å². The number of aryl methyl sites for hydroxylation is 1. The molecule has 2 fully saturated rings. The number of piperidine rings is 1. The average Bonchev–Trinajstić information content (AvgIpc) is 3.41. The number of nitrogens with one attached hydrogen (secondary N) is 1. The molecule has 4 rings (SSSR count). The lowest BCUT2D eigenvalue weighted by molar-refractivity contribution is -0.149. The minimum absolute atomic E-state index is 0.0221. The third kappa shape index (κ3) is 3.21. The van der Waals surface area contributed by atoms with E-state index in [9.17, 15) is 9.59 Å². The summed E-state index contributed by atoms with van der Waals surface area (Å²) in [6.45, 7) is 3.92. The number of nitrogens with zero attached hydrogens (tertiary/aromatic N) is 2. The van der Waals surface area contributed by atoms with E-state index >= 15 is 0 Å². The predicted molar refractivity (Wildman–Crippen MR) is 97.1 cm³/mol. The first-order chi connectivity index (χ1) is 12.1. The predicted octanol–water partition coefficient (Wildman–Crippen LogP) is 2.47. The normalized spacial score (nSPS) is 20.6. The van der Waals surface area contributed by atoms with Crippen molar-refractivity contribution >= 4 is 22.7 Å². The van der Waals surface area contributed by atoms with Crippen LogP contribution in [0.2, 0.25) is 0 Å². The van der Waals surface area contributed by atoms with Crippen LogP contribution in [0.15, 0.2) is 30.3 Å². The van der Waals surface area contributed by atoms with E-state index in [0.29, 0.717) is 6.54 Å². The summed E-state index contributed by atoms with van der Waals surface area (Å²) in [5, 5.41) is 4.42. The minimum Gasteiger partial charge on any atom is -0.335 e. The molecular weight excluding hydrogens is 314 g/mol. The Morgan fingerprint density at radius 2 is 2.04 bits per heavy atom. The summed E-state index contributed by atoms with van der Waals surface area (Å²) in [4.78, 5) is 27.6. The van der Waals surface area contributed by atoms with Gasteiger partial charge in [0.15, 0.2) is 0 Å². The van der Waals surface area contributed by atoms with Gasteiger partial charge in [-0.3, -0.25) is 14.5 Å². The van der Waals surface area contributed by atoms with Gasteiger partial charge in [-0.1, -0.05) is 18.2 Å². The lowest BCUT2D eigenvalue weighted by Gasteiger charge is -2.29. The number of aromatic nitrogens is 1. The number of fused-ring (bicyclic) bond motifs is 1. The number of amides is 2. The van der Waals surface area contributed by atoms with Gasteiger partial charge >= 0.3 is 0 Å². The molecule has 2 aliphatic rings. The maximum atomic E-state index is 13.0. The minimum atomic E-state index is -0.0671. The maximum absolute atomic E-state index is 13.0. The molecule has 1 aliphatic heterocycles. The van der Waals surface area contributed by atoms with E-state index in [1.54, 1.807) is 4.90 Å². The average molecular weight is 339 g/mol. The van der Waals surface area contributed by atoms with Crippen LogP contribution < -0.4 is 5.32 Å². The molecule has 2 amide bonds. The van der Waals surface area contributed by atoms with Crippen LogP contribution in [-0.4, -0.2) is 40.4 Å². The maximum Gasteiger partial charge on any atom is 0.249 e. The summed E-state index contributed by atoms with van der Waals surface area (Å²) in [6.07, 6.45) is 3.78. The second kappa shape index (κ2) is 6.64. The van der Waals surface area contributed by atoms with E-state index in [4.69, 9.17) is 0 Å². The van der Waals surface area contributed by atoms with Gasteiger partial charge in [0.2, 0.25) is 11.8 Å². The number of rotatable bonds is 4. The van der Waals surface area contributed by atoms with Gasteiger partial charge in [0.1, 0.15) is 6.54 Å². The summed E-state index contributed by atoms with van der Waals surface area (Å²) in [5.41, 5.74) is 2.10. The first-order valence-corrected chi connectivity index (χ1v) is 9.26. The summed E-state index contributed by atoms with van der Waals surface area (Å²) in [5.74, 6) is -0.0999. The molecule has 132 valence electrons. The number of para-hydroxylation sites is 1. The third-order valence-electron chi connectivity index (χ3n) is 5.38. The van der Waals surface area contributed by atoms with Crippen LogP contribution in [0.4, 0.5) is 0 Å². The van der Waals surface area contributed by atoms with Gasteiger partial charge in [-0.2, -0.15) is 0 Å². The zero-order valence-corrected chi connectivity index (χ0v) is 14.7. The Labute approximate surface area is 148 Å². The molecule has 1 aromatic heterocycles. The number of hydrogen-bond donors (Lipinski definition) is 1. The highest BCUT2D eigenvalue weighted by atomic mass is 16.2. The van der Waals surface area contributed by atoms with Crippen molar-refractivity contribution < 1.29 is 9.59 Å². The molecule has 1 aromatic carbocycles. The number of benzene rings is 1. The lowest BCUT2D eigenvalue weighted by atomic mass is 9.98. The largest absolute Gasteiger partial charge is 0.335 e. The van der Waals surface area contributed by atoms with Crippen molar-refractivity contribution in [2.45, 2.75) is 45.2 Å². The second-order valence-electron chi connectivity index (χ2n) is 7.31.